The molecule has 0 bridgehead atoms. The minimum absolute atomic E-state index is 0.0493. The van der Waals surface area contributed by atoms with E-state index in [9.17, 15) is 4.57 Å². The summed E-state index contributed by atoms with van der Waals surface area (Å²) >= 11 is 0. The average molecular weight is 483 g/mol. The molecule has 0 radical (unpaired) electrons. The van der Waals surface area contributed by atoms with Crippen LogP contribution in [-0.2, 0) is 11.0 Å². The first-order chi connectivity index (χ1) is 17.1. The van der Waals surface area contributed by atoms with Gasteiger partial charge in [-0.05, 0) is 47.9 Å². The minimum Gasteiger partial charge on any atom is -0.399 e. The van der Waals surface area contributed by atoms with Crippen LogP contribution >= 0.6 is 7.75 Å². The molecule has 0 amide bonds. The molecule has 5 nitrogen and oxygen atoms in total. The van der Waals surface area contributed by atoms with Crippen molar-refractivity contribution in [3.63, 3.8) is 0 Å². The van der Waals surface area contributed by atoms with Crippen LogP contribution in [0.3, 0.4) is 0 Å². The molecule has 0 spiro atoms. The first-order valence-electron chi connectivity index (χ1n) is 11.7. The predicted molar refractivity (Wildman–Crippen MR) is 140 cm³/mol. The van der Waals surface area contributed by atoms with Crippen LogP contribution in [0.2, 0.25) is 0 Å². The molecule has 0 saturated carbocycles. The van der Waals surface area contributed by atoms with Crippen molar-refractivity contribution in [3.05, 3.63) is 132 Å². The zero-order chi connectivity index (χ0) is 24.1. The van der Waals surface area contributed by atoms with Gasteiger partial charge in [-0.2, -0.15) is 0 Å². The van der Waals surface area contributed by atoms with Gasteiger partial charge in [0.2, 0.25) is 0 Å². The van der Waals surface area contributed by atoms with E-state index in [4.69, 9.17) is 13.8 Å². The molecule has 0 fully saturated rings. The van der Waals surface area contributed by atoms with Gasteiger partial charge in [-0.3, -0.25) is 0 Å². The number of hydrogen-bond acceptors (Lipinski definition) is 3. The lowest BCUT2D eigenvalue weighted by Gasteiger charge is -2.39. The molecule has 4 aromatic rings. The fourth-order valence-electron chi connectivity index (χ4n) is 4.43. The number of para-hydroxylation sites is 2. The number of amidine groups is 1. The zero-order valence-electron chi connectivity index (χ0n) is 19.5. The first kappa shape index (κ1) is 22.9. The Morgan fingerprint density at radius 2 is 1.29 bits per heavy atom. The van der Waals surface area contributed by atoms with Gasteiger partial charge in [-0.1, -0.05) is 91.0 Å². The summed E-state index contributed by atoms with van der Waals surface area (Å²) in [5, 5.41) is 0. The van der Waals surface area contributed by atoms with Crippen molar-refractivity contribution in [2.45, 2.75) is 19.4 Å². The average Bonchev–Trinajstić information content (AvgIpc) is 2.89. The fourth-order valence-corrected chi connectivity index (χ4v) is 5.80. The van der Waals surface area contributed by atoms with Crippen LogP contribution in [-0.4, -0.2) is 17.3 Å². The number of fused-ring (bicyclic) bond motifs is 1. The van der Waals surface area contributed by atoms with E-state index in [1.54, 1.807) is 24.3 Å². The molecule has 35 heavy (non-hydrogen) atoms. The van der Waals surface area contributed by atoms with Gasteiger partial charge in [0.05, 0.1) is 6.04 Å². The molecule has 176 valence electrons. The van der Waals surface area contributed by atoms with E-state index >= 15 is 0 Å². The molecular formula is C29H27N2O3P. The van der Waals surface area contributed by atoms with Crippen LogP contribution in [0.4, 0.5) is 0 Å². The third-order valence-corrected chi connectivity index (χ3v) is 7.32. The minimum atomic E-state index is -3.97. The molecule has 0 aromatic heterocycles. The van der Waals surface area contributed by atoms with Gasteiger partial charge in [0.15, 0.2) is 0 Å². The lowest BCUT2D eigenvalue weighted by atomic mass is 9.87. The van der Waals surface area contributed by atoms with Crippen molar-refractivity contribution in [1.82, 2.24) is 4.90 Å². The highest BCUT2D eigenvalue weighted by molar-refractivity contribution is 7.53. The molecule has 0 aliphatic carbocycles. The van der Waals surface area contributed by atoms with Gasteiger partial charge >= 0.3 is 7.75 Å². The van der Waals surface area contributed by atoms with Crippen LogP contribution in [0.1, 0.15) is 29.7 Å². The lowest BCUT2D eigenvalue weighted by molar-refractivity contribution is 0.352. The highest BCUT2D eigenvalue weighted by atomic mass is 31.2. The third kappa shape index (κ3) is 5.16. The molecule has 6 heteroatoms. The summed E-state index contributed by atoms with van der Waals surface area (Å²) in [7, 11) is -3.97. The monoisotopic (exact) mass is 482 g/mol. The van der Waals surface area contributed by atoms with Crippen molar-refractivity contribution in [3.8, 4) is 11.5 Å². The van der Waals surface area contributed by atoms with Gasteiger partial charge in [-0.15, -0.1) is 4.76 Å². The summed E-state index contributed by atoms with van der Waals surface area (Å²) in [6, 6.07) is 36.7. The van der Waals surface area contributed by atoms with Crippen LogP contribution < -0.4 is 9.05 Å². The number of nitrogens with zero attached hydrogens (tertiary/aromatic N) is 2. The van der Waals surface area contributed by atoms with E-state index in [2.05, 4.69) is 42.2 Å². The maximum Gasteiger partial charge on any atom is 0.564 e. The molecular weight excluding hydrogens is 455 g/mol. The molecule has 0 N–H and O–H groups in total. The normalized spacial score (nSPS) is 16.5. The Bertz CT molecular complexity index is 1300. The molecule has 1 aliphatic heterocycles. The second-order valence-corrected chi connectivity index (χ2v) is 9.77. The summed E-state index contributed by atoms with van der Waals surface area (Å²) in [6.07, 6.45) is 0.535. The molecule has 5 rings (SSSR count). The fraction of sp³-hybridized carbons (Fsp3) is 0.138. The van der Waals surface area contributed by atoms with Crippen molar-refractivity contribution in [2.24, 2.45) is 4.76 Å². The Hall–Kier alpha value is -3.82. The zero-order valence-corrected chi connectivity index (χ0v) is 20.4. The lowest BCUT2D eigenvalue weighted by Crippen LogP contribution is -2.41. The van der Waals surface area contributed by atoms with Crippen molar-refractivity contribution >= 4 is 13.6 Å². The summed E-state index contributed by atoms with van der Waals surface area (Å²) in [6.45, 7) is 2.77. The number of benzene rings is 4. The molecule has 0 saturated heterocycles. The van der Waals surface area contributed by atoms with Gasteiger partial charge < -0.3 is 13.9 Å². The number of hydrogen-bond donors (Lipinski definition) is 0. The van der Waals surface area contributed by atoms with E-state index in [1.165, 1.54) is 5.56 Å². The van der Waals surface area contributed by atoms with Crippen LogP contribution in [0.5, 0.6) is 11.5 Å². The Labute approximate surface area is 206 Å². The quantitative estimate of drug-likeness (QED) is 0.259. The Morgan fingerprint density at radius 3 is 1.86 bits per heavy atom. The maximum atomic E-state index is 14.2. The van der Waals surface area contributed by atoms with Crippen LogP contribution in [0.25, 0.3) is 0 Å². The first-order valence-corrected chi connectivity index (χ1v) is 13.2. The van der Waals surface area contributed by atoms with Gasteiger partial charge in [0, 0.05) is 13.0 Å². The van der Waals surface area contributed by atoms with Gasteiger partial charge in [0.1, 0.15) is 17.3 Å². The summed E-state index contributed by atoms with van der Waals surface area (Å²) in [4.78, 5) is 2.19. The van der Waals surface area contributed by atoms with E-state index in [-0.39, 0.29) is 6.04 Å². The molecule has 1 heterocycles. The number of likely N-dealkylation sites (N-methyl/N-ethyl adjacent to an activating group) is 1. The summed E-state index contributed by atoms with van der Waals surface area (Å²) in [5.74, 6) is 1.56. The third-order valence-electron chi connectivity index (χ3n) is 5.96. The smallest absolute Gasteiger partial charge is 0.399 e. The Balaban J connectivity index is 1.61. The van der Waals surface area contributed by atoms with E-state index in [0.717, 1.165) is 11.1 Å². The van der Waals surface area contributed by atoms with Crippen LogP contribution in [0.15, 0.2) is 120 Å². The van der Waals surface area contributed by atoms with Crippen LogP contribution in [0, 0.1) is 0 Å². The van der Waals surface area contributed by atoms with Crippen molar-refractivity contribution in [1.29, 1.82) is 0 Å². The van der Waals surface area contributed by atoms with E-state index in [1.807, 2.05) is 60.7 Å². The summed E-state index contributed by atoms with van der Waals surface area (Å²) in [5.41, 5.74) is 3.52. The Morgan fingerprint density at radius 1 is 0.771 bits per heavy atom. The number of rotatable bonds is 7. The maximum absolute atomic E-state index is 14.2. The van der Waals surface area contributed by atoms with Gasteiger partial charge in [0.25, 0.3) is 0 Å². The second-order valence-electron chi connectivity index (χ2n) is 8.27. The highest BCUT2D eigenvalue weighted by Crippen LogP contribution is 2.51. The van der Waals surface area contributed by atoms with Gasteiger partial charge in [-0.25, -0.2) is 4.57 Å². The largest absolute Gasteiger partial charge is 0.564 e. The van der Waals surface area contributed by atoms with Crippen molar-refractivity contribution < 1.29 is 13.6 Å². The second kappa shape index (κ2) is 10.2. The summed E-state index contributed by atoms with van der Waals surface area (Å²) < 4.78 is 30.8. The highest BCUT2D eigenvalue weighted by Gasteiger charge is 2.36. The van der Waals surface area contributed by atoms with Crippen molar-refractivity contribution in [2.75, 3.05) is 6.54 Å². The Kier molecular flexibility index (Phi) is 6.69. The molecule has 1 atom stereocenters. The topological polar surface area (TPSA) is 51.1 Å². The van der Waals surface area contributed by atoms with E-state index in [0.29, 0.717) is 30.3 Å². The van der Waals surface area contributed by atoms with E-state index < -0.39 is 7.75 Å². The molecule has 1 unspecified atom stereocenters. The predicted octanol–water partition coefficient (Wildman–Crippen LogP) is 7.32. The molecule has 1 aliphatic rings. The SMILES string of the molecule is CCN1C(=NP(=O)(Oc2ccccc2)Oc2ccccc2)Cc2ccccc2C1c1ccccc1. The standard InChI is InChI=1S/C29H27N2O3P/c1-2-31-28(22-24-16-12-13-21-27(24)29(31)23-14-6-3-7-15-23)30-35(32,33-25-17-8-4-9-18-25)34-26-19-10-5-11-20-26/h3-21,29H,2,22H2,1H3. The molecule has 4 aromatic carbocycles.